The van der Waals surface area contributed by atoms with Crippen LogP contribution in [-0.4, -0.2) is 34.1 Å². The number of nitrogens with one attached hydrogen (secondary N) is 2. The Hall–Kier alpha value is -1.56. The first-order chi connectivity index (χ1) is 10.9. The van der Waals surface area contributed by atoms with E-state index >= 15 is 0 Å². The van der Waals surface area contributed by atoms with Gasteiger partial charge in [0.25, 0.3) is 0 Å². The number of unbranched alkanes of at least 4 members (excludes halogenated alkanes) is 1. The maximum absolute atomic E-state index is 11.8. The zero-order valence-electron chi connectivity index (χ0n) is 15.2. The fraction of sp³-hybridized carbons (Fsp3) is 0.765. The van der Waals surface area contributed by atoms with Crippen LogP contribution in [0.25, 0.3) is 0 Å². The minimum absolute atomic E-state index is 0.225. The van der Waals surface area contributed by atoms with Crippen molar-refractivity contribution in [2.45, 2.75) is 78.6 Å². The van der Waals surface area contributed by atoms with E-state index in [-0.39, 0.29) is 12.1 Å². The predicted molar refractivity (Wildman–Crippen MR) is 92.3 cm³/mol. The molecule has 0 radical (unpaired) electrons. The van der Waals surface area contributed by atoms with Gasteiger partial charge in [0, 0.05) is 31.9 Å². The average molecular weight is 324 g/mol. The van der Waals surface area contributed by atoms with Gasteiger partial charge in [0.1, 0.15) is 5.60 Å². The molecule has 2 N–H and O–H groups in total. The Balaban J connectivity index is 2.47. The first-order valence-corrected chi connectivity index (χ1v) is 8.56. The van der Waals surface area contributed by atoms with Gasteiger partial charge in [-0.05, 0) is 40.2 Å². The van der Waals surface area contributed by atoms with Gasteiger partial charge in [0.05, 0.1) is 5.69 Å². The van der Waals surface area contributed by atoms with Crippen LogP contribution >= 0.6 is 0 Å². The molecule has 6 nitrogen and oxygen atoms in total. The molecule has 1 rings (SSSR count). The van der Waals surface area contributed by atoms with E-state index in [1.807, 2.05) is 37.7 Å². The molecule has 0 fully saturated rings. The van der Waals surface area contributed by atoms with Gasteiger partial charge in [0.15, 0.2) is 0 Å². The molecule has 1 heterocycles. The standard InChI is InChI=1S/C17H32N4O2/c1-6-8-9-14(12-19-16(22)23-17(3,4)5)18-13-15-10-11-20-21(15)7-2/h10-11,14,18H,6-9,12-13H2,1-5H3,(H,19,22). The van der Waals surface area contributed by atoms with Crippen LogP contribution in [-0.2, 0) is 17.8 Å². The van der Waals surface area contributed by atoms with E-state index in [2.05, 4.69) is 29.6 Å². The summed E-state index contributed by atoms with van der Waals surface area (Å²) in [6.45, 7) is 12.0. The number of amides is 1. The number of aryl methyl sites for hydroxylation is 1. The minimum atomic E-state index is -0.468. The molecule has 23 heavy (non-hydrogen) atoms. The lowest BCUT2D eigenvalue weighted by molar-refractivity contribution is 0.0521. The summed E-state index contributed by atoms with van der Waals surface area (Å²) in [5, 5.41) is 10.7. The number of ether oxygens (including phenoxy) is 1. The van der Waals surface area contributed by atoms with Crippen LogP contribution in [0, 0.1) is 0 Å². The van der Waals surface area contributed by atoms with E-state index < -0.39 is 5.60 Å². The van der Waals surface area contributed by atoms with E-state index in [9.17, 15) is 4.79 Å². The van der Waals surface area contributed by atoms with Gasteiger partial charge in [-0.3, -0.25) is 4.68 Å². The number of carbonyl (C=O) groups excluding carboxylic acids is 1. The highest BCUT2D eigenvalue weighted by Gasteiger charge is 2.17. The summed E-state index contributed by atoms with van der Waals surface area (Å²) in [6, 6.07) is 2.25. The molecule has 1 unspecified atom stereocenters. The molecule has 1 amide bonds. The number of hydrogen-bond acceptors (Lipinski definition) is 4. The summed E-state index contributed by atoms with van der Waals surface area (Å²) >= 11 is 0. The molecule has 132 valence electrons. The highest BCUT2D eigenvalue weighted by atomic mass is 16.6. The van der Waals surface area contributed by atoms with Crippen molar-refractivity contribution in [2.75, 3.05) is 6.54 Å². The molecule has 6 heteroatoms. The van der Waals surface area contributed by atoms with Crippen molar-refractivity contribution in [1.29, 1.82) is 0 Å². The summed E-state index contributed by atoms with van der Waals surface area (Å²) < 4.78 is 7.26. The molecular formula is C17H32N4O2. The molecule has 1 aromatic rings. The van der Waals surface area contributed by atoms with E-state index in [4.69, 9.17) is 4.74 Å². The number of rotatable bonds is 9. The molecule has 1 atom stereocenters. The SMILES string of the molecule is CCCCC(CNC(=O)OC(C)(C)C)NCc1ccnn1CC. The molecule has 0 saturated carbocycles. The molecule has 0 bridgehead atoms. The average Bonchev–Trinajstić information content (AvgIpc) is 2.92. The number of hydrogen-bond donors (Lipinski definition) is 2. The minimum Gasteiger partial charge on any atom is -0.444 e. The smallest absolute Gasteiger partial charge is 0.407 e. The van der Waals surface area contributed by atoms with Gasteiger partial charge < -0.3 is 15.4 Å². The zero-order chi connectivity index (χ0) is 17.3. The lowest BCUT2D eigenvalue weighted by Gasteiger charge is -2.23. The number of alkyl carbamates (subject to hydrolysis) is 1. The molecule has 0 saturated heterocycles. The van der Waals surface area contributed by atoms with Gasteiger partial charge in [-0.15, -0.1) is 0 Å². The third-order valence-electron chi connectivity index (χ3n) is 3.47. The van der Waals surface area contributed by atoms with E-state index in [1.165, 1.54) is 0 Å². The summed E-state index contributed by atoms with van der Waals surface area (Å²) in [5.74, 6) is 0. The van der Waals surface area contributed by atoms with Crippen LogP contribution < -0.4 is 10.6 Å². The third kappa shape index (κ3) is 8.02. The maximum Gasteiger partial charge on any atom is 0.407 e. The summed E-state index contributed by atoms with van der Waals surface area (Å²) in [4.78, 5) is 11.8. The second-order valence-corrected chi connectivity index (χ2v) is 6.74. The number of nitrogens with zero attached hydrogens (tertiary/aromatic N) is 2. The van der Waals surface area contributed by atoms with Crippen molar-refractivity contribution < 1.29 is 9.53 Å². The molecular weight excluding hydrogens is 292 g/mol. The fourth-order valence-corrected chi connectivity index (χ4v) is 2.29. The summed E-state index contributed by atoms with van der Waals surface area (Å²) in [6.07, 6.45) is 4.74. The van der Waals surface area contributed by atoms with Crippen LogP contribution in [0.5, 0.6) is 0 Å². The Kier molecular flexibility index (Phi) is 8.09. The Morgan fingerprint density at radius 1 is 1.39 bits per heavy atom. The third-order valence-corrected chi connectivity index (χ3v) is 3.47. The number of carbonyl (C=O) groups is 1. The Bertz CT molecular complexity index is 465. The molecule has 0 spiro atoms. The first-order valence-electron chi connectivity index (χ1n) is 8.56. The second kappa shape index (κ2) is 9.55. The Labute approximate surface area is 140 Å². The van der Waals surface area contributed by atoms with Crippen LogP contribution in [0.1, 0.15) is 59.6 Å². The quantitative estimate of drug-likeness (QED) is 0.732. The van der Waals surface area contributed by atoms with Gasteiger partial charge in [-0.2, -0.15) is 5.10 Å². The van der Waals surface area contributed by atoms with Crippen molar-refractivity contribution in [3.05, 3.63) is 18.0 Å². The lowest BCUT2D eigenvalue weighted by atomic mass is 10.1. The second-order valence-electron chi connectivity index (χ2n) is 6.74. The van der Waals surface area contributed by atoms with Crippen molar-refractivity contribution in [3.63, 3.8) is 0 Å². The van der Waals surface area contributed by atoms with Crippen molar-refractivity contribution in [2.24, 2.45) is 0 Å². The fourth-order valence-electron chi connectivity index (χ4n) is 2.29. The van der Waals surface area contributed by atoms with E-state index in [0.29, 0.717) is 6.54 Å². The predicted octanol–water partition coefficient (Wildman–Crippen LogP) is 3.08. The first kappa shape index (κ1) is 19.5. The summed E-state index contributed by atoms with van der Waals surface area (Å²) in [5.41, 5.74) is 0.690. The Morgan fingerprint density at radius 3 is 2.74 bits per heavy atom. The molecule has 0 aliphatic heterocycles. The van der Waals surface area contributed by atoms with Gasteiger partial charge >= 0.3 is 6.09 Å². The van der Waals surface area contributed by atoms with Crippen molar-refractivity contribution in [1.82, 2.24) is 20.4 Å². The van der Waals surface area contributed by atoms with E-state index in [1.54, 1.807) is 0 Å². The van der Waals surface area contributed by atoms with Gasteiger partial charge in [-0.25, -0.2) is 4.79 Å². The highest BCUT2D eigenvalue weighted by molar-refractivity contribution is 5.67. The zero-order valence-corrected chi connectivity index (χ0v) is 15.2. The van der Waals surface area contributed by atoms with Crippen molar-refractivity contribution >= 4 is 6.09 Å². The molecule has 0 aliphatic rings. The van der Waals surface area contributed by atoms with Crippen molar-refractivity contribution in [3.8, 4) is 0 Å². The van der Waals surface area contributed by atoms with E-state index in [0.717, 1.165) is 38.0 Å². The number of aromatic nitrogens is 2. The van der Waals surface area contributed by atoms with Crippen LogP contribution in [0.3, 0.4) is 0 Å². The molecule has 1 aromatic heterocycles. The van der Waals surface area contributed by atoms with Gasteiger partial charge in [-0.1, -0.05) is 19.8 Å². The topological polar surface area (TPSA) is 68.2 Å². The molecule has 0 aliphatic carbocycles. The largest absolute Gasteiger partial charge is 0.444 e. The highest BCUT2D eigenvalue weighted by Crippen LogP contribution is 2.07. The normalized spacial score (nSPS) is 12.9. The maximum atomic E-state index is 11.8. The van der Waals surface area contributed by atoms with Crippen LogP contribution in [0.2, 0.25) is 0 Å². The van der Waals surface area contributed by atoms with Gasteiger partial charge in [0.2, 0.25) is 0 Å². The van der Waals surface area contributed by atoms with Crippen LogP contribution in [0.15, 0.2) is 12.3 Å². The Morgan fingerprint density at radius 2 is 2.13 bits per heavy atom. The monoisotopic (exact) mass is 324 g/mol. The lowest BCUT2D eigenvalue weighted by Crippen LogP contribution is -2.42. The van der Waals surface area contributed by atoms with Crippen LogP contribution in [0.4, 0.5) is 4.79 Å². The summed E-state index contributed by atoms with van der Waals surface area (Å²) in [7, 11) is 0. The molecule has 0 aromatic carbocycles.